The van der Waals surface area contributed by atoms with Crippen molar-refractivity contribution in [2.24, 2.45) is 0 Å². The molecular formula is C37H61BiS2. The van der Waals surface area contributed by atoms with Crippen LogP contribution in [0.15, 0.2) is 34.1 Å². The van der Waals surface area contributed by atoms with Gasteiger partial charge in [0.1, 0.15) is 0 Å². The molecule has 0 bridgehead atoms. The van der Waals surface area contributed by atoms with Crippen LogP contribution in [0.3, 0.4) is 0 Å². The van der Waals surface area contributed by atoms with Crippen molar-refractivity contribution in [1.29, 1.82) is 0 Å². The van der Waals surface area contributed by atoms with Crippen molar-refractivity contribution in [2.75, 3.05) is 0 Å². The summed E-state index contributed by atoms with van der Waals surface area (Å²) in [7, 11) is 0. The van der Waals surface area contributed by atoms with Crippen LogP contribution in [0.4, 0.5) is 0 Å². The Hall–Kier alpha value is 0.0231. The third kappa shape index (κ3) is 9.02. The van der Waals surface area contributed by atoms with Crippen LogP contribution in [0.5, 0.6) is 0 Å². The van der Waals surface area contributed by atoms with Crippen LogP contribution in [-0.2, 0) is 32.5 Å². The van der Waals surface area contributed by atoms with Crippen molar-refractivity contribution >= 4 is 48.2 Å². The predicted molar refractivity (Wildman–Crippen MR) is 189 cm³/mol. The molecular weight excluding hydrogens is 718 g/mol. The Kier molecular flexibility index (Phi) is 10.7. The zero-order valence-electron chi connectivity index (χ0n) is 29.3. The molecule has 0 aromatic heterocycles. The number of hydrogen-bond acceptors (Lipinski definition) is 2. The molecule has 0 spiro atoms. The van der Waals surface area contributed by atoms with Gasteiger partial charge in [0.25, 0.3) is 0 Å². The van der Waals surface area contributed by atoms with Gasteiger partial charge in [-0.15, -0.1) is 0 Å². The molecule has 0 aliphatic carbocycles. The second-order valence-corrected chi connectivity index (χ2v) is 26.9. The van der Waals surface area contributed by atoms with Crippen molar-refractivity contribution < 1.29 is 0 Å². The fourth-order valence-corrected chi connectivity index (χ4v) is 11.2. The predicted octanol–water partition coefficient (Wildman–Crippen LogP) is 11.3. The van der Waals surface area contributed by atoms with Crippen molar-refractivity contribution in [1.82, 2.24) is 0 Å². The minimum atomic E-state index is 0.0835. The molecule has 0 fully saturated rings. The Bertz CT molecular complexity index is 1030. The summed E-state index contributed by atoms with van der Waals surface area (Å²) in [6.45, 7) is 42.8. The summed E-state index contributed by atoms with van der Waals surface area (Å²) in [6.07, 6.45) is 0. The molecule has 0 N–H and O–H groups in total. The van der Waals surface area contributed by atoms with Gasteiger partial charge in [0.05, 0.1) is 0 Å². The van der Waals surface area contributed by atoms with Gasteiger partial charge in [-0.3, -0.25) is 0 Å². The molecule has 0 nitrogen and oxygen atoms in total. The molecule has 0 saturated carbocycles. The summed E-state index contributed by atoms with van der Waals surface area (Å²) in [5, 5.41) is 0. The standard InChI is InChI=1S/C37H59S2.Bi.2H/c1-32(2,3)24-19-26(34(7,8)9)30(27(20-24)35(10,11)12)38-23-39-31-28(36(13,14)15)21-25(33(4,5)6)22-29(31)37(16,17)18;;;/h19-23H,1-18H3;;;. The Balaban J connectivity index is 2.80. The summed E-state index contributed by atoms with van der Waals surface area (Å²) in [6, 6.07) is 10.1. The number of hydrogen-bond donors (Lipinski definition) is 0. The van der Waals surface area contributed by atoms with E-state index in [4.69, 9.17) is 0 Å². The van der Waals surface area contributed by atoms with Gasteiger partial charge in [-0.25, -0.2) is 0 Å². The van der Waals surface area contributed by atoms with E-state index in [1.807, 2.05) is 0 Å². The third-order valence-electron chi connectivity index (χ3n) is 7.61. The van der Waals surface area contributed by atoms with Gasteiger partial charge in [-0.2, -0.15) is 0 Å². The molecule has 3 heteroatoms. The molecule has 2 rings (SSSR count). The van der Waals surface area contributed by atoms with Crippen LogP contribution in [-0.4, -0.2) is 27.0 Å². The first-order valence-corrected chi connectivity index (χ1v) is 19.4. The molecule has 0 aliphatic rings. The molecule has 0 heterocycles. The summed E-state index contributed by atoms with van der Waals surface area (Å²) in [4.78, 5) is 3.04. The van der Waals surface area contributed by atoms with E-state index in [9.17, 15) is 0 Å². The summed E-state index contributed by atoms with van der Waals surface area (Å²) >= 11 is 5.14. The Morgan fingerprint density at radius 1 is 0.400 bits per heavy atom. The average molecular weight is 779 g/mol. The Morgan fingerprint density at radius 2 is 0.600 bits per heavy atom. The molecule has 0 aliphatic heterocycles. The molecule has 2 aromatic rings. The summed E-state index contributed by atoms with van der Waals surface area (Å²) in [5.41, 5.74) is 9.53. The van der Waals surface area contributed by atoms with Gasteiger partial charge in [-0.05, 0) is 0 Å². The zero-order valence-corrected chi connectivity index (χ0v) is 35.4. The molecule has 0 amide bonds. The van der Waals surface area contributed by atoms with Gasteiger partial charge in [0.15, 0.2) is 0 Å². The topological polar surface area (TPSA) is 0 Å². The van der Waals surface area contributed by atoms with E-state index < -0.39 is 0 Å². The normalized spacial score (nSPS) is 14.3. The monoisotopic (exact) mass is 778 g/mol. The first kappa shape index (κ1) is 36.2. The van der Waals surface area contributed by atoms with Gasteiger partial charge in [-0.1, -0.05) is 0 Å². The molecule has 2 aromatic carbocycles. The molecule has 0 saturated heterocycles. The Labute approximate surface area is 273 Å². The van der Waals surface area contributed by atoms with E-state index in [1.165, 1.54) is 43.2 Å². The van der Waals surface area contributed by atoms with Crippen LogP contribution < -0.4 is 0 Å². The van der Waals surface area contributed by atoms with Crippen molar-refractivity contribution in [3.63, 3.8) is 0 Å². The van der Waals surface area contributed by atoms with Gasteiger partial charge < -0.3 is 0 Å². The van der Waals surface area contributed by atoms with E-state index in [-0.39, 0.29) is 32.5 Å². The molecule has 0 radical (unpaired) electrons. The van der Waals surface area contributed by atoms with Gasteiger partial charge in [0.2, 0.25) is 0 Å². The van der Waals surface area contributed by atoms with Crippen molar-refractivity contribution in [2.45, 2.75) is 169 Å². The van der Waals surface area contributed by atoms with Crippen LogP contribution in [0.25, 0.3) is 0 Å². The van der Waals surface area contributed by atoms with E-state index in [1.54, 1.807) is 0 Å². The summed E-state index contributed by atoms with van der Waals surface area (Å²) in [5.74, 6) is 0. The SMILES string of the molecule is CC(C)(C)c1cc(C(C)(C)C)c(S[CH]([BiH2])Sc2c(C(C)(C)C)cc(C(C)(C)C)cc2C(C)(C)C)c(C(C)(C)C)c1. The molecule has 226 valence electrons. The van der Waals surface area contributed by atoms with Crippen LogP contribution in [0.2, 0.25) is 0 Å². The zero-order chi connectivity index (χ0) is 31.4. The molecule has 0 unspecified atom stereocenters. The van der Waals surface area contributed by atoms with E-state index in [0.717, 1.165) is 24.7 Å². The number of thioether (sulfide) groups is 2. The quantitative estimate of drug-likeness (QED) is 0.172. The summed E-state index contributed by atoms with van der Waals surface area (Å²) < 4.78 is 0.533. The van der Waals surface area contributed by atoms with E-state index in [2.05, 4.69) is 172 Å². The number of rotatable bonds is 4. The second-order valence-electron chi connectivity index (χ2n) is 17.9. The first-order chi connectivity index (χ1) is 17.5. The Morgan fingerprint density at radius 3 is 0.750 bits per heavy atom. The molecule has 0 atom stereocenters. The fraction of sp³-hybridized carbons (Fsp3) is 0.676. The maximum absolute atomic E-state index is 2.53. The van der Waals surface area contributed by atoms with Gasteiger partial charge >= 0.3 is 275 Å². The second kappa shape index (κ2) is 11.8. The van der Waals surface area contributed by atoms with Gasteiger partial charge in [0, 0.05) is 0 Å². The van der Waals surface area contributed by atoms with Crippen LogP contribution >= 0.6 is 23.5 Å². The molecule has 40 heavy (non-hydrogen) atoms. The minimum absolute atomic E-state index is 0.0835. The maximum atomic E-state index is 2.53. The fourth-order valence-electron chi connectivity index (χ4n) is 4.86. The van der Waals surface area contributed by atoms with E-state index in [0.29, 0.717) is 2.29 Å². The number of benzene rings is 2. The van der Waals surface area contributed by atoms with Crippen LogP contribution in [0.1, 0.15) is 158 Å². The van der Waals surface area contributed by atoms with Crippen LogP contribution in [0, 0.1) is 0 Å². The van der Waals surface area contributed by atoms with Crippen molar-refractivity contribution in [3.8, 4) is 0 Å². The van der Waals surface area contributed by atoms with Crippen molar-refractivity contribution in [3.05, 3.63) is 57.6 Å². The first-order valence-electron chi connectivity index (χ1n) is 15.0. The average Bonchev–Trinajstić information content (AvgIpc) is 2.68. The third-order valence-corrected chi connectivity index (χ3v) is 13.2. The van der Waals surface area contributed by atoms with E-state index >= 15 is 0 Å².